The Balaban J connectivity index is 1.24. The number of benzene rings is 2. The van der Waals surface area contributed by atoms with E-state index in [1.54, 1.807) is 59.2 Å². The quantitative estimate of drug-likeness (QED) is 0.282. The molecule has 4 heterocycles. The fourth-order valence-corrected chi connectivity index (χ4v) is 4.92. The van der Waals surface area contributed by atoms with Gasteiger partial charge in [0.2, 0.25) is 5.43 Å². The van der Waals surface area contributed by atoms with Gasteiger partial charge in [0, 0.05) is 55.2 Å². The fraction of sp³-hybridized carbons (Fsp3) is 0.156. The zero-order valence-electron chi connectivity index (χ0n) is 23.1. The number of amides is 2. The summed E-state index contributed by atoms with van der Waals surface area (Å²) in [4.78, 5) is 49.4. The molecular formula is C32H26FN5O5. The number of hydrogen-bond donors (Lipinski definition) is 1. The molecule has 43 heavy (non-hydrogen) atoms. The van der Waals surface area contributed by atoms with Crippen molar-refractivity contribution < 1.29 is 23.5 Å². The summed E-state index contributed by atoms with van der Waals surface area (Å²) < 4.78 is 27.6. The highest BCUT2D eigenvalue weighted by molar-refractivity contribution is 6.05. The first-order valence-corrected chi connectivity index (χ1v) is 13.6. The van der Waals surface area contributed by atoms with Gasteiger partial charge in [-0.1, -0.05) is 0 Å². The van der Waals surface area contributed by atoms with Gasteiger partial charge in [-0.2, -0.15) is 0 Å². The Morgan fingerprint density at radius 1 is 0.930 bits per heavy atom. The van der Waals surface area contributed by atoms with Crippen LogP contribution in [-0.4, -0.2) is 51.4 Å². The highest BCUT2D eigenvalue weighted by Gasteiger charge is 2.22. The van der Waals surface area contributed by atoms with Crippen LogP contribution in [0.5, 0.6) is 17.2 Å². The van der Waals surface area contributed by atoms with Gasteiger partial charge >= 0.3 is 0 Å². The number of ether oxygens (including phenoxy) is 2. The average Bonchev–Trinajstić information content (AvgIpc) is 3.58. The molecule has 0 spiro atoms. The molecular weight excluding hydrogens is 553 g/mol. The van der Waals surface area contributed by atoms with Crippen LogP contribution in [0.4, 0.5) is 10.1 Å². The number of likely N-dealkylation sites (tertiary alicyclic amines) is 1. The van der Waals surface area contributed by atoms with Crippen LogP contribution in [0.25, 0.3) is 16.7 Å². The van der Waals surface area contributed by atoms with Crippen molar-refractivity contribution in [3.63, 3.8) is 0 Å². The lowest BCUT2D eigenvalue weighted by Crippen LogP contribution is -2.28. The van der Waals surface area contributed by atoms with E-state index in [0.717, 1.165) is 18.9 Å². The van der Waals surface area contributed by atoms with Gasteiger partial charge in [-0.05, 0) is 67.4 Å². The standard InChI is InChI=1S/C32H26FN5O5/c1-42-22-9-7-21(8-10-22)38-19-25(29(39)24-5-4-13-35-30(24)38)31(40)36-20-6-11-28(26(33)17-20)43-23-12-14-34-27(18-23)32(41)37-15-2-3-16-37/h4-14,17-19H,2-3,15-16H2,1H3,(H,36,40). The second-order valence-electron chi connectivity index (χ2n) is 9.89. The average molecular weight is 580 g/mol. The minimum absolute atomic E-state index is 0.109. The number of methoxy groups -OCH3 is 1. The Kier molecular flexibility index (Phi) is 7.52. The molecule has 6 rings (SSSR count). The van der Waals surface area contributed by atoms with Gasteiger partial charge in [0.1, 0.15) is 28.4 Å². The van der Waals surface area contributed by atoms with E-state index in [9.17, 15) is 14.4 Å². The van der Waals surface area contributed by atoms with Gasteiger partial charge in [0.05, 0.1) is 12.5 Å². The molecule has 10 nitrogen and oxygen atoms in total. The van der Waals surface area contributed by atoms with E-state index in [0.29, 0.717) is 30.2 Å². The molecule has 0 bridgehead atoms. The lowest BCUT2D eigenvalue weighted by Gasteiger charge is -2.15. The maximum absolute atomic E-state index is 15.1. The van der Waals surface area contributed by atoms with Crippen molar-refractivity contribution in [3.8, 4) is 22.9 Å². The topological polar surface area (TPSA) is 116 Å². The number of rotatable bonds is 7. The smallest absolute Gasteiger partial charge is 0.272 e. The second kappa shape index (κ2) is 11.7. The van der Waals surface area contributed by atoms with Crippen molar-refractivity contribution in [3.05, 3.63) is 113 Å². The second-order valence-corrected chi connectivity index (χ2v) is 9.89. The molecule has 11 heteroatoms. The molecule has 2 aromatic carbocycles. The summed E-state index contributed by atoms with van der Waals surface area (Å²) in [6, 6.07) is 17.2. The van der Waals surface area contributed by atoms with Crippen LogP contribution in [0.2, 0.25) is 0 Å². The number of aromatic nitrogens is 3. The molecule has 0 saturated carbocycles. The molecule has 1 saturated heterocycles. The van der Waals surface area contributed by atoms with Crippen LogP contribution >= 0.6 is 0 Å². The number of fused-ring (bicyclic) bond motifs is 1. The van der Waals surface area contributed by atoms with E-state index in [1.807, 2.05) is 0 Å². The molecule has 216 valence electrons. The third-order valence-corrected chi connectivity index (χ3v) is 7.12. The highest BCUT2D eigenvalue weighted by Crippen LogP contribution is 2.28. The normalized spacial score (nSPS) is 12.7. The summed E-state index contributed by atoms with van der Waals surface area (Å²) in [6.07, 6.45) is 6.31. The van der Waals surface area contributed by atoms with Gasteiger partial charge in [-0.3, -0.25) is 19.4 Å². The first-order valence-electron chi connectivity index (χ1n) is 13.6. The molecule has 1 N–H and O–H groups in total. The Bertz CT molecular complexity index is 1900. The lowest BCUT2D eigenvalue weighted by atomic mass is 10.1. The predicted molar refractivity (Wildman–Crippen MR) is 158 cm³/mol. The van der Waals surface area contributed by atoms with Crippen LogP contribution in [0.3, 0.4) is 0 Å². The molecule has 1 aliphatic heterocycles. The minimum atomic E-state index is -0.750. The molecule has 0 radical (unpaired) electrons. The van der Waals surface area contributed by atoms with Crippen molar-refractivity contribution in [1.29, 1.82) is 0 Å². The van der Waals surface area contributed by atoms with Crippen LogP contribution in [-0.2, 0) is 0 Å². The molecule has 0 aliphatic carbocycles. The van der Waals surface area contributed by atoms with Gasteiger partial charge in [0.15, 0.2) is 11.6 Å². The number of nitrogens with one attached hydrogen (secondary N) is 1. The summed E-state index contributed by atoms with van der Waals surface area (Å²) in [5.74, 6) is -0.878. The Morgan fingerprint density at radius 3 is 2.47 bits per heavy atom. The lowest BCUT2D eigenvalue weighted by molar-refractivity contribution is 0.0786. The van der Waals surface area contributed by atoms with Crippen LogP contribution in [0, 0.1) is 5.82 Å². The molecule has 1 aliphatic rings. The van der Waals surface area contributed by atoms with Gasteiger partial charge in [-0.15, -0.1) is 0 Å². The molecule has 0 unspecified atom stereocenters. The third kappa shape index (κ3) is 5.65. The van der Waals surface area contributed by atoms with Crippen molar-refractivity contribution in [2.45, 2.75) is 12.8 Å². The number of carbonyl (C=O) groups excluding carboxylic acids is 2. The fourth-order valence-electron chi connectivity index (χ4n) is 4.92. The molecule has 1 fully saturated rings. The van der Waals surface area contributed by atoms with Crippen LogP contribution < -0.4 is 20.2 Å². The van der Waals surface area contributed by atoms with E-state index in [4.69, 9.17) is 9.47 Å². The Morgan fingerprint density at radius 2 is 1.72 bits per heavy atom. The molecule has 0 atom stereocenters. The number of hydrogen-bond acceptors (Lipinski definition) is 7. The van der Waals surface area contributed by atoms with Crippen molar-refractivity contribution in [2.24, 2.45) is 0 Å². The van der Waals surface area contributed by atoms with E-state index in [-0.39, 0.29) is 39.7 Å². The molecule has 2 amide bonds. The maximum Gasteiger partial charge on any atom is 0.272 e. The zero-order valence-corrected chi connectivity index (χ0v) is 23.1. The summed E-state index contributed by atoms with van der Waals surface area (Å²) in [5, 5.41) is 2.85. The van der Waals surface area contributed by atoms with E-state index >= 15 is 4.39 Å². The van der Waals surface area contributed by atoms with Crippen molar-refractivity contribution in [2.75, 3.05) is 25.5 Å². The number of anilines is 1. The van der Waals surface area contributed by atoms with Crippen LogP contribution in [0.15, 0.2) is 90.1 Å². The van der Waals surface area contributed by atoms with Gasteiger partial charge in [-0.25, -0.2) is 9.37 Å². The Hall–Kier alpha value is -5.58. The number of halogens is 1. The highest BCUT2D eigenvalue weighted by atomic mass is 19.1. The molecule has 3 aromatic heterocycles. The van der Waals surface area contributed by atoms with Crippen LogP contribution in [0.1, 0.15) is 33.7 Å². The summed E-state index contributed by atoms with van der Waals surface area (Å²) in [5.41, 5.74) is 0.716. The van der Waals surface area contributed by atoms with E-state index in [2.05, 4.69) is 15.3 Å². The minimum Gasteiger partial charge on any atom is -0.497 e. The number of pyridine rings is 3. The number of nitrogens with zero attached hydrogens (tertiary/aromatic N) is 4. The SMILES string of the molecule is COc1ccc(-n2cc(C(=O)Nc3ccc(Oc4ccnc(C(=O)N5CCCC5)c4)c(F)c3)c(=O)c3cccnc32)cc1. The molecule has 5 aromatic rings. The third-order valence-electron chi connectivity index (χ3n) is 7.12. The Labute approximate surface area is 245 Å². The summed E-state index contributed by atoms with van der Waals surface area (Å²) >= 11 is 0. The van der Waals surface area contributed by atoms with Crippen molar-refractivity contribution in [1.82, 2.24) is 19.4 Å². The predicted octanol–water partition coefficient (Wildman–Crippen LogP) is 5.21. The zero-order chi connectivity index (χ0) is 29.9. The maximum atomic E-state index is 15.1. The van der Waals surface area contributed by atoms with E-state index < -0.39 is 17.2 Å². The summed E-state index contributed by atoms with van der Waals surface area (Å²) in [7, 11) is 1.56. The van der Waals surface area contributed by atoms with Gasteiger partial charge < -0.3 is 24.3 Å². The first-order chi connectivity index (χ1) is 20.9. The van der Waals surface area contributed by atoms with E-state index in [1.165, 1.54) is 36.7 Å². The number of carbonyl (C=O) groups is 2. The van der Waals surface area contributed by atoms with Gasteiger partial charge in [0.25, 0.3) is 11.8 Å². The summed E-state index contributed by atoms with van der Waals surface area (Å²) in [6.45, 7) is 1.36. The van der Waals surface area contributed by atoms with Crippen molar-refractivity contribution >= 4 is 28.5 Å². The largest absolute Gasteiger partial charge is 0.497 e. The monoisotopic (exact) mass is 579 g/mol. The first kappa shape index (κ1) is 27.6.